The highest BCUT2D eigenvalue weighted by Crippen LogP contribution is 2.20. The van der Waals surface area contributed by atoms with Gasteiger partial charge in [-0.05, 0) is 31.5 Å². The van der Waals surface area contributed by atoms with E-state index in [-0.39, 0.29) is 0 Å². The largest absolute Gasteiger partial charge is 0.370 e. The maximum atomic E-state index is 4.70. The van der Waals surface area contributed by atoms with E-state index in [0.29, 0.717) is 13.1 Å². The van der Waals surface area contributed by atoms with Crippen molar-refractivity contribution < 1.29 is 0 Å². The number of guanidine groups is 1. The van der Waals surface area contributed by atoms with Crippen molar-refractivity contribution in [2.24, 2.45) is 4.99 Å². The second-order valence-electron chi connectivity index (χ2n) is 6.18. The number of aryl methyl sites for hydroxylation is 1. The SMILES string of the molecule is CCNC(=NCc1ccc(N2CCSCC2)cc1)NCc1ncc(C)s1. The topological polar surface area (TPSA) is 52.6 Å². The maximum absolute atomic E-state index is 4.70. The van der Waals surface area contributed by atoms with Crippen molar-refractivity contribution in [2.45, 2.75) is 26.9 Å². The van der Waals surface area contributed by atoms with Crippen LogP contribution >= 0.6 is 23.1 Å². The molecular weight excluding hydrogens is 362 g/mol. The molecule has 140 valence electrons. The number of nitrogens with one attached hydrogen (secondary N) is 2. The number of anilines is 1. The number of aromatic nitrogens is 1. The van der Waals surface area contributed by atoms with Gasteiger partial charge in [0.25, 0.3) is 0 Å². The average molecular weight is 390 g/mol. The van der Waals surface area contributed by atoms with E-state index < -0.39 is 0 Å². The number of hydrogen-bond donors (Lipinski definition) is 2. The molecule has 2 aromatic rings. The summed E-state index contributed by atoms with van der Waals surface area (Å²) in [5.41, 5.74) is 2.55. The summed E-state index contributed by atoms with van der Waals surface area (Å²) < 4.78 is 0. The molecule has 0 bridgehead atoms. The molecule has 5 nitrogen and oxygen atoms in total. The Balaban J connectivity index is 1.56. The lowest BCUT2D eigenvalue weighted by Gasteiger charge is -2.28. The first-order valence-electron chi connectivity index (χ1n) is 9.09. The van der Waals surface area contributed by atoms with Crippen molar-refractivity contribution in [3.05, 3.63) is 45.9 Å². The van der Waals surface area contributed by atoms with Gasteiger partial charge in [0.1, 0.15) is 5.01 Å². The lowest BCUT2D eigenvalue weighted by atomic mass is 10.2. The third-order valence-electron chi connectivity index (χ3n) is 4.15. The number of nitrogens with zero attached hydrogens (tertiary/aromatic N) is 3. The van der Waals surface area contributed by atoms with Gasteiger partial charge in [-0.3, -0.25) is 0 Å². The molecule has 2 heterocycles. The fourth-order valence-corrected chi connectivity index (χ4v) is 4.42. The summed E-state index contributed by atoms with van der Waals surface area (Å²) in [5.74, 6) is 3.28. The van der Waals surface area contributed by atoms with E-state index in [2.05, 4.69) is 58.6 Å². The fraction of sp³-hybridized carbons (Fsp3) is 0.474. The molecule has 7 heteroatoms. The van der Waals surface area contributed by atoms with Crippen LogP contribution < -0.4 is 15.5 Å². The van der Waals surface area contributed by atoms with E-state index in [1.54, 1.807) is 11.3 Å². The Bertz CT molecular complexity index is 705. The molecule has 1 aliphatic rings. The minimum absolute atomic E-state index is 0.669. The van der Waals surface area contributed by atoms with E-state index in [0.717, 1.165) is 30.6 Å². The number of rotatable bonds is 6. The first-order chi connectivity index (χ1) is 12.7. The van der Waals surface area contributed by atoms with Crippen molar-refractivity contribution >= 4 is 34.7 Å². The van der Waals surface area contributed by atoms with Crippen LogP contribution in [0.2, 0.25) is 0 Å². The maximum Gasteiger partial charge on any atom is 0.191 e. The molecule has 0 amide bonds. The normalized spacial score (nSPS) is 15.2. The molecule has 1 saturated heterocycles. The zero-order valence-electron chi connectivity index (χ0n) is 15.5. The Morgan fingerprint density at radius 3 is 2.62 bits per heavy atom. The molecule has 0 spiro atoms. The van der Waals surface area contributed by atoms with Crippen molar-refractivity contribution in [3.8, 4) is 0 Å². The number of thioether (sulfide) groups is 1. The second kappa shape index (κ2) is 9.83. The molecule has 1 aromatic heterocycles. The Morgan fingerprint density at radius 1 is 1.19 bits per heavy atom. The van der Waals surface area contributed by atoms with Gasteiger partial charge in [0, 0.05) is 47.9 Å². The number of benzene rings is 1. The number of thiazole rings is 1. The van der Waals surface area contributed by atoms with Gasteiger partial charge in [0.15, 0.2) is 5.96 Å². The smallest absolute Gasteiger partial charge is 0.191 e. The molecule has 1 fully saturated rings. The molecule has 3 rings (SSSR count). The van der Waals surface area contributed by atoms with Gasteiger partial charge in [0.05, 0.1) is 13.1 Å². The zero-order valence-corrected chi connectivity index (χ0v) is 17.1. The molecule has 0 unspecified atom stereocenters. The van der Waals surface area contributed by atoms with Gasteiger partial charge in [-0.15, -0.1) is 11.3 Å². The lowest BCUT2D eigenvalue weighted by molar-refractivity contribution is 0.811. The monoisotopic (exact) mass is 389 g/mol. The summed E-state index contributed by atoms with van der Waals surface area (Å²) in [7, 11) is 0. The molecule has 0 saturated carbocycles. The third-order valence-corrected chi connectivity index (χ3v) is 6.01. The Labute approximate surface area is 164 Å². The molecule has 0 aliphatic carbocycles. The van der Waals surface area contributed by atoms with E-state index >= 15 is 0 Å². The molecular formula is C19H27N5S2. The van der Waals surface area contributed by atoms with Crippen molar-refractivity contribution in [3.63, 3.8) is 0 Å². The van der Waals surface area contributed by atoms with E-state index in [9.17, 15) is 0 Å². The molecule has 1 aliphatic heterocycles. The second-order valence-corrected chi connectivity index (χ2v) is 8.72. The summed E-state index contributed by atoms with van der Waals surface area (Å²) >= 11 is 3.75. The van der Waals surface area contributed by atoms with Crippen LogP contribution in [0.25, 0.3) is 0 Å². The van der Waals surface area contributed by atoms with Crippen molar-refractivity contribution in [1.29, 1.82) is 0 Å². The summed E-state index contributed by atoms with van der Waals surface area (Å²) in [4.78, 5) is 12.8. The Kier molecular flexibility index (Phi) is 7.20. The van der Waals surface area contributed by atoms with E-state index in [1.165, 1.54) is 27.6 Å². The van der Waals surface area contributed by atoms with Crippen LogP contribution in [0.15, 0.2) is 35.5 Å². The van der Waals surface area contributed by atoms with E-state index in [1.807, 2.05) is 18.0 Å². The fourth-order valence-electron chi connectivity index (χ4n) is 2.79. The molecule has 2 N–H and O–H groups in total. The minimum Gasteiger partial charge on any atom is -0.370 e. The van der Waals surface area contributed by atoms with Gasteiger partial charge in [-0.25, -0.2) is 9.98 Å². The van der Waals surface area contributed by atoms with Crippen molar-refractivity contribution in [2.75, 3.05) is 36.0 Å². The van der Waals surface area contributed by atoms with Crippen LogP contribution in [-0.2, 0) is 13.1 Å². The van der Waals surface area contributed by atoms with Crippen LogP contribution in [0.4, 0.5) is 5.69 Å². The summed E-state index contributed by atoms with van der Waals surface area (Å²) in [6.07, 6.45) is 1.91. The first kappa shape index (κ1) is 19.0. The quantitative estimate of drug-likeness (QED) is 0.587. The third kappa shape index (κ3) is 5.64. The van der Waals surface area contributed by atoms with E-state index in [4.69, 9.17) is 4.99 Å². The number of aliphatic imine (C=N–C) groups is 1. The molecule has 0 atom stereocenters. The molecule has 26 heavy (non-hydrogen) atoms. The van der Waals surface area contributed by atoms with Crippen LogP contribution in [0.3, 0.4) is 0 Å². The van der Waals surface area contributed by atoms with Gasteiger partial charge in [-0.2, -0.15) is 11.8 Å². The van der Waals surface area contributed by atoms with Crippen molar-refractivity contribution in [1.82, 2.24) is 15.6 Å². The highest BCUT2D eigenvalue weighted by Gasteiger charge is 2.10. The van der Waals surface area contributed by atoms with Gasteiger partial charge >= 0.3 is 0 Å². The predicted molar refractivity (Wildman–Crippen MR) is 114 cm³/mol. The standard InChI is InChI=1S/C19H27N5S2/c1-3-20-19(23-14-18-21-12-15(2)26-18)22-13-16-4-6-17(7-5-16)24-8-10-25-11-9-24/h4-7,12H,3,8-11,13-14H2,1-2H3,(H2,20,22,23). The summed E-state index contributed by atoms with van der Waals surface area (Å²) in [5, 5.41) is 7.74. The van der Waals surface area contributed by atoms with Crippen LogP contribution in [-0.4, -0.2) is 42.1 Å². The molecule has 1 aromatic carbocycles. The van der Waals surface area contributed by atoms with Gasteiger partial charge in [0.2, 0.25) is 0 Å². The number of hydrogen-bond acceptors (Lipinski definition) is 5. The van der Waals surface area contributed by atoms with Crippen LogP contribution in [0, 0.1) is 6.92 Å². The summed E-state index contributed by atoms with van der Waals surface area (Å²) in [6, 6.07) is 8.82. The average Bonchev–Trinajstić information content (AvgIpc) is 3.10. The lowest BCUT2D eigenvalue weighted by Crippen LogP contribution is -2.36. The predicted octanol–water partition coefficient (Wildman–Crippen LogP) is 3.26. The van der Waals surface area contributed by atoms with Gasteiger partial charge in [-0.1, -0.05) is 12.1 Å². The van der Waals surface area contributed by atoms with Crippen LogP contribution in [0.1, 0.15) is 22.4 Å². The minimum atomic E-state index is 0.669. The van der Waals surface area contributed by atoms with Crippen LogP contribution in [0.5, 0.6) is 0 Å². The Hall–Kier alpha value is -1.73. The molecule has 0 radical (unpaired) electrons. The highest BCUT2D eigenvalue weighted by atomic mass is 32.2. The first-order valence-corrected chi connectivity index (χ1v) is 11.1. The Morgan fingerprint density at radius 2 is 1.96 bits per heavy atom. The zero-order chi connectivity index (χ0) is 18.2. The highest BCUT2D eigenvalue weighted by molar-refractivity contribution is 7.99. The summed E-state index contributed by atoms with van der Waals surface area (Å²) in [6.45, 7) is 8.66. The van der Waals surface area contributed by atoms with Gasteiger partial charge < -0.3 is 15.5 Å².